The molecule has 4 heteroatoms. The lowest BCUT2D eigenvalue weighted by atomic mass is 9.95. The van der Waals surface area contributed by atoms with Gasteiger partial charge in [-0.25, -0.2) is 0 Å². The highest BCUT2D eigenvalue weighted by Gasteiger charge is 2.19. The van der Waals surface area contributed by atoms with Crippen LogP contribution in [-0.2, 0) is 18.9 Å². The average molecular weight is 264 g/mol. The van der Waals surface area contributed by atoms with Gasteiger partial charge in [0.05, 0.1) is 12.3 Å². The molecular weight excluding hydrogens is 244 g/mol. The standard InChI is InChI=1S/C14H20N2OS/c1-14(2,3)13-6-5-12(18-13)11(17)7-10-8-15-16(4)9-10/h5-6,8-9,11,17H,7H2,1-4H3. The third-order valence-electron chi connectivity index (χ3n) is 2.88. The Kier molecular flexibility index (Phi) is 3.59. The first-order chi connectivity index (χ1) is 8.36. The maximum absolute atomic E-state index is 10.2. The Morgan fingerprint density at radius 3 is 2.61 bits per heavy atom. The fraction of sp³-hybridized carbons (Fsp3) is 0.500. The normalized spacial score (nSPS) is 13.8. The summed E-state index contributed by atoms with van der Waals surface area (Å²) in [4.78, 5) is 2.34. The zero-order valence-electron chi connectivity index (χ0n) is 11.3. The van der Waals surface area contributed by atoms with Crippen molar-refractivity contribution in [1.29, 1.82) is 0 Å². The van der Waals surface area contributed by atoms with Crippen molar-refractivity contribution in [3.05, 3.63) is 39.8 Å². The molecule has 0 radical (unpaired) electrons. The number of aromatic nitrogens is 2. The van der Waals surface area contributed by atoms with Crippen LogP contribution in [0.25, 0.3) is 0 Å². The second-order valence-electron chi connectivity index (χ2n) is 5.69. The number of aliphatic hydroxyl groups excluding tert-OH is 1. The summed E-state index contributed by atoms with van der Waals surface area (Å²) < 4.78 is 1.76. The number of hydrogen-bond acceptors (Lipinski definition) is 3. The molecule has 2 heterocycles. The van der Waals surface area contributed by atoms with E-state index in [1.807, 2.05) is 25.5 Å². The molecule has 2 aromatic rings. The van der Waals surface area contributed by atoms with Crippen molar-refractivity contribution < 1.29 is 5.11 Å². The Hall–Kier alpha value is -1.13. The van der Waals surface area contributed by atoms with Gasteiger partial charge in [-0.3, -0.25) is 4.68 Å². The van der Waals surface area contributed by atoms with Gasteiger partial charge in [-0.1, -0.05) is 20.8 Å². The van der Waals surface area contributed by atoms with Crippen LogP contribution in [0.5, 0.6) is 0 Å². The quantitative estimate of drug-likeness (QED) is 0.925. The first-order valence-corrected chi connectivity index (χ1v) is 6.94. The molecule has 1 N–H and O–H groups in total. The van der Waals surface area contributed by atoms with E-state index < -0.39 is 6.10 Å². The fourth-order valence-electron chi connectivity index (χ4n) is 1.84. The van der Waals surface area contributed by atoms with Gasteiger partial charge in [0.1, 0.15) is 0 Å². The lowest BCUT2D eigenvalue weighted by molar-refractivity contribution is 0.182. The molecule has 18 heavy (non-hydrogen) atoms. The van der Waals surface area contributed by atoms with E-state index in [1.54, 1.807) is 16.0 Å². The predicted molar refractivity (Wildman–Crippen MR) is 74.9 cm³/mol. The van der Waals surface area contributed by atoms with Crippen molar-refractivity contribution in [1.82, 2.24) is 9.78 Å². The lowest BCUT2D eigenvalue weighted by Gasteiger charge is -2.15. The van der Waals surface area contributed by atoms with Crippen LogP contribution in [0.1, 0.15) is 42.2 Å². The second-order valence-corrected chi connectivity index (χ2v) is 6.81. The topological polar surface area (TPSA) is 38.0 Å². The van der Waals surface area contributed by atoms with Crippen LogP contribution in [0, 0.1) is 0 Å². The number of aliphatic hydroxyl groups is 1. The van der Waals surface area contributed by atoms with E-state index in [1.165, 1.54) is 4.88 Å². The minimum atomic E-state index is -0.435. The molecule has 2 aromatic heterocycles. The Balaban J connectivity index is 2.09. The van der Waals surface area contributed by atoms with Crippen molar-refractivity contribution in [2.75, 3.05) is 0 Å². The molecule has 2 rings (SSSR count). The zero-order valence-corrected chi connectivity index (χ0v) is 12.2. The molecule has 0 saturated carbocycles. The highest BCUT2D eigenvalue weighted by molar-refractivity contribution is 7.12. The van der Waals surface area contributed by atoms with E-state index in [0.717, 1.165) is 10.4 Å². The van der Waals surface area contributed by atoms with Crippen LogP contribution >= 0.6 is 11.3 Å². The van der Waals surface area contributed by atoms with Gasteiger partial charge in [0, 0.05) is 29.4 Å². The number of thiophene rings is 1. The Morgan fingerprint density at radius 1 is 1.39 bits per heavy atom. The van der Waals surface area contributed by atoms with E-state index in [2.05, 4.69) is 31.9 Å². The molecule has 1 unspecified atom stereocenters. The Labute approximate surface area is 112 Å². The van der Waals surface area contributed by atoms with E-state index in [9.17, 15) is 5.11 Å². The van der Waals surface area contributed by atoms with Crippen LogP contribution < -0.4 is 0 Å². The number of hydrogen-bond donors (Lipinski definition) is 1. The molecule has 0 saturated heterocycles. The lowest BCUT2D eigenvalue weighted by Crippen LogP contribution is -2.07. The molecule has 1 atom stereocenters. The van der Waals surface area contributed by atoms with Crippen molar-refractivity contribution in [2.24, 2.45) is 7.05 Å². The summed E-state index contributed by atoms with van der Waals surface area (Å²) in [5.41, 5.74) is 1.22. The zero-order chi connectivity index (χ0) is 13.3. The minimum Gasteiger partial charge on any atom is -0.387 e. The van der Waals surface area contributed by atoms with E-state index in [-0.39, 0.29) is 5.41 Å². The van der Waals surface area contributed by atoms with Gasteiger partial charge in [-0.15, -0.1) is 11.3 Å². The second kappa shape index (κ2) is 4.86. The summed E-state index contributed by atoms with van der Waals surface area (Å²) >= 11 is 1.70. The van der Waals surface area contributed by atoms with Gasteiger partial charge in [-0.2, -0.15) is 5.10 Å². The maximum atomic E-state index is 10.2. The summed E-state index contributed by atoms with van der Waals surface area (Å²) in [6.45, 7) is 6.57. The highest BCUT2D eigenvalue weighted by atomic mass is 32.1. The SMILES string of the molecule is Cn1cc(CC(O)c2ccc(C(C)(C)C)s2)cn1. The monoisotopic (exact) mass is 264 g/mol. The molecule has 0 fully saturated rings. The molecule has 98 valence electrons. The summed E-state index contributed by atoms with van der Waals surface area (Å²) in [5, 5.41) is 14.4. The Morgan fingerprint density at radius 2 is 2.11 bits per heavy atom. The molecule has 3 nitrogen and oxygen atoms in total. The van der Waals surface area contributed by atoms with Crippen LogP contribution in [0.4, 0.5) is 0 Å². The third-order valence-corrected chi connectivity index (χ3v) is 4.49. The van der Waals surface area contributed by atoms with E-state index in [4.69, 9.17) is 0 Å². The molecule has 0 aliphatic heterocycles. The third kappa shape index (κ3) is 3.00. The predicted octanol–water partition coefficient (Wildman–Crippen LogP) is 3.06. The van der Waals surface area contributed by atoms with Crippen LogP contribution in [0.3, 0.4) is 0 Å². The molecule has 0 bridgehead atoms. The van der Waals surface area contributed by atoms with Crippen molar-refractivity contribution in [3.63, 3.8) is 0 Å². The van der Waals surface area contributed by atoms with Gasteiger partial charge in [0.15, 0.2) is 0 Å². The Bertz CT molecular complexity index is 522. The maximum Gasteiger partial charge on any atom is 0.0923 e. The summed E-state index contributed by atoms with van der Waals surface area (Å²) in [6.07, 6.45) is 3.94. The van der Waals surface area contributed by atoms with Crippen LogP contribution in [-0.4, -0.2) is 14.9 Å². The largest absolute Gasteiger partial charge is 0.387 e. The fourth-order valence-corrected chi connectivity index (χ4v) is 2.89. The van der Waals surface area contributed by atoms with Crippen molar-refractivity contribution in [2.45, 2.75) is 38.7 Å². The highest BCUT2D eigenvalue weighted by Crippen LogP contribution is 2.33. The smallest absolute Gasteiger partial charge is 0.0923 e. The van der Waals surface area contributed by atoms with Crippen molar-refractivity contribution >= 4 is 11.3 Å². The summed E-state index contributed by atoms with van der Waals surface area (Å²) in [7, 11) is 1.89. The first kappa shape index (κ1) is 13.3. The molecule has 0 aromatic carbocycles. The number of nitrogens with zero attached hydrogens (tertiary/aromatic N) is 2. The van der Waals surface area contributed by atoms with Gasteiger partial charge in [-0.05, 0) is 23.1 Å². The van der Waals surface area contributed by atoms with Crippen LogP contribution in [0.2, 0.25) is 0 Å². The van der Waals surface area contributed by atoms with Crippen LogP contribution in [0.15, 0.2) is 24.5 Å². The van der Waals surface area contributed by atoms with Gasteiger partial charge in [0.2, 0.25) is 0 Å². The molecule has 0 aliphatic rings. The molecule has 0 spiro atoms. The van der Waals surface area contributed by atoms with Gasteiger partial charge < -0.3 is 5.11 Å². The number of rotatable bonds is 3. The van der Waals surface area contributed by atoms with E-state index >= 15 is 0 Å². The first-order valence-electron chi connectivity index (χ1n) is 6.12. The summed E-state index contributed by atoms with van der Waals surface area (Å²) in [6, 6.07) is 4.15. The van der Waals surface area contributed by atoms with E-state index in [0.29, 0.717) is 6.42 Å². The summed E-state index contributed by atoms with van der Waals surface area (Å²) in [5.74, 6) is 0. The number of aryl methyl sites for hydroxylation is 1. The molecule has 0 aliphatic carbocycles. The van der Waals surface area contributed by atoms with Crippen molar-refractivity contribution in [3.8, 4) is 0 Å². The molecular formula is C14H20N2OS. The van der Waals surface area contributed by atoms with Gasteiger partial charge >= 0.3 is 0 Å². The minimum absolute atomic E-state index is 0.150. The molecule has 0 amide bonds. The average Bonchev–Trinajstić information content (AvgIpc) is 2.85. The van der Waals surface area contributed by atoms with Gasteiger partial charge in [0.25, 0.3) is 0 Å².